The molecular formula is C27H17F3N2O. The number of amides is 1. The second-order valence-corrected chi connectivity index (χ2v) is 7.58. The van der Waals surface area contributed by atoms with Crippen molar-refractivity contribution in [2.45, 2.75) is 6.18 Å². The molecule has 162 valence electrons. The number of benzene rings is 4. The van der Waals surface area contributed by atoms with Crippen LogP contribution in [-0.4, -0.2) is 11.6 Å². The fraction of sp³-hybridized carbons (Fsp3) is 0.0370. The largest absolute Gasteiger partial charge is 0.416 e. The third-order valence-electron chi connectivity index (χ3n) is 5.45. The highest BCUT2D eigenvalue weighted by atomic mass is 19.4. The van der Waals surface area contributed by atoms with Crippen molar-refractivity contribution in [1.82, 2.24) is 0 Å². The molecule has 0 unspecified atom stereocenters. The van der Waals surface area contributed by atoms with Crippen molar-refractivity contribution in [2.75, 3.05) is 4.90 Å². The number of carbonyl (C=O) groups is 1. The molecule has 33 heavy (non-hydrogen) atoms. The second-order valence-electron chi connectivity index (χ2n) is 7.58. The number of halogens is 3. The van der Waals surface area contributed by atoms with Gasteiger partial charge >= 0.3 is 6.18 Å². The van der Waals surface area contributed by atoms with Crippen LogP contribution in [0.4, 0.5) is 30.2 Å². The van der Waals surface area contributed by atoms with E-state index in [1.807, 2.05) is 60.7 Å². The molecule has 5 rings (SSSR count). The predicted octanol–water partition coefficient (Wildman–Crippen LogP) is 7.17. The van der Waals surface area contributed by atoms with Crippen molar-refractivity contribution in [3.05, 3.63) is 114 Å². The highest BCUT2D eigenvalue weighted by Crippen LogP contribution is 2.38. The summed E-state index contributed by atoms with van der Waals surface area (Å²) in [6.45, 7) is 0. The Kier molecular flexibility index (Phi) is 5.05. The first kappa shape index (κ1) is 20.7. The van der Waals surface area contributed by atoms with E-state index in [0.29, 0.717) is 16.9 Å². The topological polar surface area (TPSA) is 32.7 Å². The molecule has 0 saturated carbocycles. The summed E-state index contributed by atoms with van der Waals surface area (Å²) in [5, 5.41) is 0. The number of hydrogen-bond acceptors (Lipinski definition) is 2. The van der Waals surface area contributed by atoms with Crippen LogP contribution in [0.15, 0.2) is 108 Å². The fourth-order valence-corrected chi connectivity index (χ4v) is 3.88. The zero-order chi connectivity index (χ0) is 23.0. The van der Waals surface area contributed by atoms with E-state index in [1.165, 1.54) is 17.0 Å². The molecule has 0 aliphatic carbocycles. The lowest BCUT2D eigenvalue weighted by Crippen LogP contribution is -2.25. The SMILES string of the molecule is O=C1/C(=N\c2cccc(C(F)(F)F)c2)c2ccccc2N1c1ccc(-c2ccccc2)cc1. The molecule has 0 bridgehead atoms. The molecule has 6 heteroatoms. The monoisotopic (exact) mass is 442 g/mol. The van der Waals surface area contributed by atoms with Crippen LogP contribution in [0.25, 0.3) is 11.1 Å². The molecule has 1 heterocycles. The Morgan fingerprint density at radius 3 is 2.09 bits per heavy atom. The van der Waals surface area contributed by atoms with Gasteiger partial charge in [0.25, 0.3) is 5.91 Å². The standard InChI is InChI=1S/C27H17F3N2O/c28-27(29,30)20-9-6-10-21(17-20)31-25-23-11-4-5-12-24(23)32(26(25)33)22-15-13-19(14-16-22)18-7-2-1-3-8-18/h1-17H/b31-25-. The van der Waals surface area contributed by atoms with Crippen LogP contribution in [0.2, 0.25) is 0 Å². The van der Waals surface area contributed by atoms with E-state index in [-0.39, 0.29) is 17.3 Å². The van der Waals surface area contributed by atoms with E-state index >= 15 is 0 Å². The number of para-hydroxylation sites is 1. The van der Waals surface area contributed by atoms with Crippen molar-refractivity contribution in [2.24, 2.45) is 4.99 Å². The Bertz CT molecular complexity index is 1360. The maximum atomic E-state index is 13.4. The second kappa shape index (κ2) is 8.06. The summed E-state index contributed by atoms with van der Waals surface area (Å²) in [7, 11) is 0. The van der Waals surface area contributed by atoms with Crippen molar-refractivity contribution in [3.8, 4) is 11.1 Å². The van der Waals surface area contributed by atoms with Gasteiger partial charge in [0.2, 0.25) is 0 Å². The van der Waals surface area contributed by atoms with Crippen LogP contribution in [0, 0.1) is 0 Å². The summed E-state index contributed by atoms with van der Waals surface area (Å²) in [6.07, 6.45) is -4.49. The molecule has 0 atom stereocenters. The Hall–Kier alpha value is -4.19. The summed E-state index contributed by atoms with van der Waals surface area (Å²) < 4.78 is 39.3. The number of fused-ring (bicyclic) bond motifs is 1. The van der Waals surface area contributed by atoms with Gasteiger partial charge in [-0.05, 0) is 47.5 Å². The average Bonchev–Trinajstić information content (AvgIpc) is 3.11. The van der Waals surface area contributed by atoms with Gasteiger partial charge < -0.3 is 0 Å². The third-order valence-corrected chi connectivity index (χ3v) is 5.45. The van der Waals surface area contributed by atoms with Crippen molar-refractivity contribution in [1.29, 1.82) is 0 Å². The zero-order valence-electron chi connectivity index (χ0n) is 17.3. The van der Waals surface area contributed by atoms with E-state index in [2.05, 4.69) is 4.99 Å². The molecule has 0 saturated heterocycles. The van der Waals surface area contributed by atoms with Crippen LogP contribution in [0.5, 0.6) is 0 Å². The van der Waals surface area contributed by atoms with Gasteiger partial charge in [-0.15, -0.1) is 0 Å². The van der Waals surface area contributed by atoms with Crippen LogP contribution < -0.4 is 4.90 Å². The first-order valence-corrected chi connectivity index (χ1v) is 10.3. The maximum absolute atomic E-state index is 13.4. The van der Waals surface area contributed by atoms with Crippen molar-refractivity contribution in [3.63, 3.8) is 0 Å². The van der Waals surface area contributed by atoms with Gasteiger partial charge in [-0.1, -0.05) is 66.7 Å². The van der Waals surface area contributed by atoms with Gasteiger partial charge in [0.05, 0.1) is 16.9 Å². The van der Waals surface area contributed by atoms with E-state index in [4.69, 9.17) is 0 Å². The van der Waals surface area contributed by atoms with Gasteiger partial charge in [0.15, 0.2) is 0 Å². The van der Waals surface area contributed by atoms with Crippen LogP contribution in [0.3, 0.4) is 0 Å². The predicted molar refractivity (Wildman–Crippen MR) is 123 cm³/mol. The summed E-state index contributed by atoms with van der Waals surface area (Å²) in [5.74, 6) is -0.388. The molecule has 3 nitrogen and oxygen atoms in total. The van der Waals surface area contributed by atoms with E-state index in [0.717, 1.165) is 23.3 Å². The minimum atomic E-state index is -4.49. The molecule has 0 fully saturated rings. The normalized spacial score (nSPS) is 14.6. The van der Waals surface area contributed by atoms with Crippen LogP contribution in [0.1, 0.15) is 11.1 Å². The quantitative estimate of drug-likeness (QED) is 0.331. The molecule has 4 aromatic carbocycles. The fourth-order valence-electron chi connectivity index (χ4n) is 3.88. The lowest BCUT2D eigenvalue weighted by Gasteiger charge is -2.17. The van der Waals surface area contributed by atoms with Gasteiger partial charge in [-0.2, -0.15) is 13.2 Å². The minimum absolute atomic E-state index is 0.0734. The minimum Gasteiger partial charge on any atom is -0.275 e. The van der Waals surface area contributed by atoms with Gasteiger partial charge in [0, 0.05) is 11.3 Å². The number of alkyl halides is 3. The van der Waals surface area contributed by atoms with Crippen molar-refractivity contribution < 1.29 is 18.0 Å². The Morgan fingerprint density at radius 1 is 0.697 bits per heavy atom. The first-order valence-electron chi connectivity index (χ1n) is 10.3. The molecule has 0 N–H and O–H groups in total. The lowest BCUT2D eigenvalue weighted by molar-refractivity contribution is -0.137. The maximum Gasteiger partial charge on any atom is 0.416 e. The Labute approximate surface area is 188 Å². The van der Waals surface area contributed by atoms with Gasteiger partial charge in [0.1, 0.15) is 5.71 Å². The Morgan fingerprint density at radius 2 is 1.36 bits per heavy atom. The number of carbonyl (C=O) groups excluding carboxylic acids is 1. The molecule has 0 aromatic heterocycles. The average molecular weight is 442 g/mol. The molecule has 1 aliphatic heterocycles. The molecule has 0 radical (unpaired) electrons. The summed E-state index contributed by atoms with van der Waals surface area (Å²) in [5.41, 5.74) is 3.31. The van der Waals surface area contributed by atoms with Crippen molar-refractivity contribution >= 4 is 28.7 Å². The van der Waals surface area contributed by atoms with E-state index in [9.17, 15) is 18.0 Å². The van der Waals surface area contributed by atoms with Crippen LogP contribution in [-0.2, 0) is 11.0 Å². The van der Waals surface area contributed by atoms with E-state index in [1.54, 1.807) is 18.2 Å². The molecule has 0 spiro atoms. The summed E-state index contributed by atoms with van der Waals surface area (Å²) in [6, 6.07) is 29.2. The Balaban J connectivity index is 1.54. The summed E-state index contributed by atoms with van der Waals surface area (Å²) in [4.78, 5) is 19.2. The van der Waals surface area contributed by atoms with Gasteiger partial charge in [-0.3, -0.25) is 9.69 Å². The number of nitrogens with zero attached hydrogens (tertiary/aromatic N) is 2. The third kappa shape index (κ3) is 3.91. The smallest absolute Gasteiger partial charge is 0.275 e. The zero-order valence-corrected chi connectivity index (χ0v) is 17.3. The molecule has 1 aliphatic rings. The van der Waals surface area contributed by atoms with Crippen LogP contribution >= 0.6 is 0 Å². The number of anilines is 2. The number of hydrogen-bond donors (Lipinski definition) is 0. The van der Waals surface area contributed by atoms with E-state index < -0.39 is 11.7 Å². The first-order chi connectivity index (χ1) is 15.9. The molecule has 4 aromatic rings. The highest BCUT2D eigenvalue weighted by molar-refractivity contribution is 6.56. The number of rotatable bonds is 3. The summed E-state index contributed by atoms with van der Waals surface area (Å²) >= 11 is 0. The molecular weight excluding hydrogens is 425 g/mol. The highest BCUT2D eigenvalue weighted by Gasteiger charge is 2.35. The van der Waals surface area contributed by atoms with Gasteiger partial charge in [-0.25, -0.2) is 4.99 Å². The number of aliphatic imine (C=N–C) groups is 1. The lowest BCUT2D eigenvalue weighted by atomic mass is 10.1. The molecule has 1 amide bonds.